The predicted molar refractivity (Wildman–Crippen MR) is 103 cm³/mol. The van der Waals surface area contributed by atoms with Crippen LogP contribution in [0.5, 0.6) is 0 Å². The summed E-state index contributed by atoms with van der Waals surface area (Å²) in [5, 5.41) is 0. The molecule has 24 heavy (non-hydrogen) atoms. The third kappa shape index (κ3) is 4.19. The first-order valence-corrected chi connectivity index (χ1v) is 7.93. The number of hydrogen-bond donors (Lipinski definition) is 0. The topological polar surface area (TPSA) is 12.5 Å². The Bertz CT molecular complexity index is 596. The Morgan fingerprint density at radius 3 is 1.88 bits per heavy atom. The lowest BCUT2D eigenvalue weighted by Crippen LogP contribution is -2.42. The van der Waals surface area contributed by atoms with Crippen LogP contribution in [-0.2, 0) is 10.3 Å². The number of terminal acetylenes is 1. The van der Waals surface area contributed by atoms with Crippen LogP contribution in [0.25, 0.3) is 0 Å². The fraction of sp³-hybridized carbons (Fsp3) is 0.333. The summed E-state index contributed by atoms with van der Waals surface area (Å²) in [6.07, 6.45) is 5.45. The number of rotatable bonds is 7. The molecular weight excluding hydrogens is 318 g/mol. The van der Waals surface area contributed by atoms with Crippen LogP contribution in [0.4, 0.5) is 0 Å². The van der Waals surface area contributed by atoms with Gasteiger partial charge in [-0.2, -0.15) is 0 Å². The second kappa shape index (κ2) is 9.49. The van der Waals surface area contributed by atoms with Gasteiger partial charge in [-0.3, -0.25) is 4.90 Å². The highest BCUT2D eigenvalue weighted by molar-refractivity contribution is 5.85. The van der Waals surface area contributed by atoms with E-state index >= 15 is 0 Å². The van der Waals surface area contributed by atoms with Crippen LogP contribution < -0.4 is 0 Å². The second-order valence-corrected chi connectivity index (χ2v) is 5.97. The van der Waals surface area contributed by atoms with Crippen molar-refractivity contribution >= 4 is 12.4 Å². The smallest absolute Gasteiger partial charge is 0.121 e. The summed E-state index contributed by atoms with van der Waals surface area (Å²) in [5.74, 6) is 2.94. The van der Waals surface area contributed by atoms with Gasteiger partial charge in [0.1, 0.15) is 5.60 Å². The minimum Gasteiger partial charge on any atom is -0.368 e. The first-order valence-electron chi connectivity index (χ1n) is 7.93. The maximum Gasteiger partial charge on any atom is 0.121 e. The van der Waals surface area contributed by atoms with Crippen LogP contribution in [0.3, 0.4) is 0 Å². The van der Waals surface area contributed by atoms with Gasteiger partial charge >= 0.3 is 0 Å². The van der Waals surface area contributed by atoms with E-state index in [1.54, 1.807) is 7.11 Å². The van der Waals surface area contributed by atoms with Crippen molar-refractivity contribution in [2.75, 3.05) is 27.2 Å². The molecule has 0 amide bonds. The van der Waals surface area contributed by atoms with Crippen molar-refractivity contribution in [1.29, 1.82) is 0 Å². The van der Waals surface area contributed by atoms with E-state index in [9.17, 15) is 0 Å². The molecule has 128 valence electrons. The molecule has 3 heteroatoms. The van der Waals surface area contributed by atoms with E-state index in [2.05, 4.69) is 66.3 Å². The Morgan fingerprint density at radius 2 is 1.50 bits per heavy atom. The third-order valence-corrected chi connectivity index (χ3v) is 4.37. The summed E-state index contributed by atoms with van der Waals surface area (Å²) in [4.78, 5) is 2.16. The average molecular weight is 344 g/mol. The van der Waals surface area contributed by atoms with Crippen LogP contribution in [0.15, 0.2) is 60.7 Å². The standard InChI is InChI=1S/C21H25NO.ClH/c1-5-16-22(3)17-18(2)21(23-4,19-12-8-6-9-13-19)20-14-10-7-11-15-20;/h1,6-15,18H,16-17H2,2-4H3;1H. The van der Waals surface area contributed by atoms with Gasteiger partial charge in [-0.05, 0) is 18.2 Å². The normalized spacial score (nSPS) is 12.3. The van der Waals surface area contributed by atoms with Crippen LogP contribution in [-0.4, -0.2) is 32.1 Å². The van der Waals surface area contributed by atoms with E-state index in [1.165, 1.54) is 0 Å². The highest BCUT2D eigenvalue weighted by Crippen LogP contribution is 2.40. The zero-order valence-electron chi connectivity index (χ0n) is 14.6. The van der Waals surface area contributed by atoms with E-state index in [-0.39, 0.29) is 18.3 Å². The van der Waals surface area contributed by atoms with Crippen molar-refractivity contribution < 1.29 is 4.74 Å². The molecule has 0 bridgehead atoms. The number of nitrogens with zero attached hydrogens (tertiary/aromatic N) is 1. The molecule has 1 unspecified atom stereocenters. The van der Waals surface area contributed by atoms with Crippen molar-refractivity contribution in [3.05, 3.63) is 71.8 Å². The third-order valence-electron chi connectivity index (χ3n) is 4.37. The fourth-order valence-corrected chi connectivity index (χ4v) is 3.36. The maximum absolute atomic E-state index is 6.17. The van der Waals surface area contributed by atoms with Crippen LogP contribution in [0.1, 0.15) is 18.1 Å². The highest BCUT2D eigenvalue weighted by atomic mass is 35.5. The van der Waals surface area contributed by atoms with Crippen molar-refractivity contribution in [3.8, 4) is 12.3 Å². The van der Waals surface area contributed by atoms with Gasteiger partial charge in [0, 0.05) is 19.6 Å². The molecule has 0 spiro atoms. The Morgan fingerprint density at radius 1 is 1.04 bits per heavy atom. The SMILES string of the molecule is C#CCN(C)CC(C)C(OC)(c1ccccc1)c1ccccc1.Cl. The minimum atomic E-state index is -0.495. The van der Waals surface area contributed by atoms with Gasteiger partial charge in [-0.25, -0.2) is 0 Å². The van der Waals surface area contributed by atoms with E-state index in [0.29, 0.717) is 6.54 Å². The average Bonchev–Trinajstić information content (AvgIpc) is 2.58. The van der Waals surface area contributed by atoms with Crippen molar-refractivity contribution in [1.82, 2.24) is 4.90 Å². The summed E-state index contributed by atoms with van der Waals surface area (Å²) in [7, 11) is 3.84. The molecule has 0 fully saturated rings. The van der Waals surface area contributed by atoms with Crippen molar-refractivity contribution in [2.45, 2.75) is 12.5 Å². The molecule has 0 aliphatic heterocycles. The molecule has 2 nitrogen and oxygen atoms in total. The number of halogens is 1. The molecule has 0 N–H and O–H groups in total. The maximum atomic E-state index is 6.17. The van der Waals surface area contributed by atoms with Gasteiger partial charge in [0.2, 0.25) is 0 Å². The van der Waals surface area contributed by atoms with E-state index in [0.717, 1.165) is 17.7 Å². The Labute approximate surface area is 152 Å². The molecule has 0 aromatic heterocycles. The summed E-state index contributed by atoms with van der Waals surface area (Å²) in [5.41, 5.74) is 1.83. The predicted octanol–water partition coefficient (Wildman–Crippen LogP) is 4.20. The lowest BCUT2D eigenvalue weighted by Gasteiger charge is -2.40. The summed E-state index contributed by atoms with van der Waals surface area (Å²) >= 11 is 0. The molecule has 2 aromatic rings. The Hall–Kier alpha value is -1.79. The molecule has 2 aromatic carbocycles. The Kier molecular flexibility index (Phi) is 8.01. The van der Waals surface area contributed by atoms with Gasteiger partial charge in [0.05, 0.1) is 6.54 Å². The number of methoxy groups -OCH3 is 1. The van der Waals surface area contributed by atoms with Crippen molar-refractivity contribution in [2.24, 2.45) is 5.92 Å². The molecule has 2 rings (SSSR count). The zero-order chi connectivity index (χ0) is 16.7. The molecule has 0 saturated carbocycles. The molecule has 1 atom stereocenters. The first kappa shape index (κ1) is 20.3. The van der Waals surface area contributed by atoms with Gasteiger partial charge in [-0.1, -0.05) is 73.5 Å². The zero-order valence-corrected chi connectivity index (χ0v) is 15.4. The van der Waals surface area contributed by atoms with Crippen LogP contribution >= 0.6 is 12.4 Å². The minimum absolute atomic E-state index is 0. The monoisotopic (exact) mass is 343 g/mol. The van der Waals surface area contributed by atoms with Crippen LogP contribution in [0.2, 0.25) is 0 Å². The van der Waals surface area contributed by atoms with Gasteiger partial charge in [0.25, 0.3) is 0 Å². The number of benzene rings is 2. The molecule has 0 heterocycles. The first-order chi connectivity index (χ1) is 11.1. The lowest BCUT2D eigenvalue weighted by molar-refractivity contribution is -0.0314. The molecule has 0 aliphatic carbocycles. The summed E-state index contributed by atoms with van der Waals surface area (Å²) < 4.78 is 6.17. The second-order valence-electron chi connectivity index (χ2n) is 5.97. The summed E-state index contributed by atoms with van der Waals surface area (Å²) in [6.45, 7) is 3.70. The van der Waals surface area contributed by atoms with E-state index < -0.39 is 5.60 Å². The molecule has 0 radical (unpaired) electrons. The number of ether oxygens (including phenoxy) is 1. The lowest BCUT2D eigenvalue weighted by atomic mass is 9.76. The molecule has 0 saturated heterocycles. The van der Waals surface area contributed by atoms with Crippen LogP contribution in [0, 0.1) is 18.3 Å². The quantitative estimate of drug-likeness (QED) is 0.699. The molecule has 0 aliphatic rings. The fourth-order valence-electron chi connectivity index (χ4n) is 3.36. The highest BCUT2D eigenvalue weighted by Gasteiger charge is 2.40. The van der Waals surface area contributed by atoms with Crippen molar-refractivity contribution in [3.63, 3.8) is 0 Å². The van der Waals surface area contributed by atoms with Gasteiger partial charge < -0.3 is 4.74 Å². The summed E-state index contributed by atoms with van der Waals surface area (Å²) in [6, 6.07) is 20.8. The van der Waals surface area contributed by atoms with Gasteiger partial charge in [-0.15, -0.1) is 18.8 Å². The Balaban J connectivity index is 0.00000288. The van der Waals surface area contributed by atoms with E-state index in [1.807, 2.05) is 19.2 Å². The molecular formula is C21H26ClNO. The largest absolute Gasteiger partial charge is 0.368 e. The van der Waals surface area contributed by atoms with Gasteiger partial charge in [0.15, 0.2) is 0 Å². The number of hydrogen-bond acceptors (Lipinski definition) is 2. The van der Waals surface area contributed by atoms with E-state index in [4.69, 9.17) is 11.2 Å².